The highest BCUT2D eigenvalue weighted by molar-refractivity contribution is 9.09. The predicted molar refractivity (Wildman–Crippen MR) is 71.9 cm³/mol. The molecule has 1 saturated carbocycles. The van der Waals surface area contributed by atoms with Crippen LogP contribution in [-0.2, 0) is 6.42 Å². The Morgan fingerprint density at radius 1 is 1.27 bits per heavy atom. The predicted octanol–water partition coefficient (Wildman–Crippen LogP) is 5.02. The summed E-state index contributed by atoms with van der Waals surface area (Å²) in [6, 6.07) is 2.26. The summed E-state index contributed by atoms with van der Waals surface area (Å²) in [7, 11) is 0. The highest BCUT2D eigenvalue weighted by atomic mass is 79.9. The van der Waals surface area contributed by atoms with Crippen LogP contribution < -0.4 is 0 Å². The fraction of sp³-hybridized carbons (Fsp3) is 0.692. The molecule has 1 fully saturated rings. The molecule has 2 rings (SSSR count). The molecule has 0 saturated heterocycles. The summed E-state index contributed by atoms with van der Waals surface area (Å²) in [4.78, 5) is 0.699. The van der Waals surface area contributed by atoms with Crippen LogP contribution in [0.3, 0.4) is 0 Å². The Labute approximate surface area is 105 Å². The Balaban J connectivity index is 1.86. The molecule has 1 aliphatic carbocycles. The van der Waals surface area contributed by atoms with Crippen LogP contribution in [0.15, 0.2) is 16.8 Å². The maximum Gasteiger partial charge on any atom is 0.0214 e. The van der Waals surface area contributed by atoms with Gasteiger partial charge < -0.3 is 0 Å². The molecule has 0 nitrogen and oxygen atoms in total. The Morgan fingerprint density at radius 2 is 2.00 bits per heavy atom. The van der Waals surface area contributed by atoms with Gasteiger partial charge in [-0.05, 0) is 47.6 Å². The summed E-state index contributed by atoms with van der Waals surface area (Å²) >= 11 is 5.71. The number of hydrogen-bond donors (Lipinski definition) is 0. The molecule has 0 aromatic carbocycles. The van der Waals surface area contributed by atoms with Gasteiger partial charge in [-0.25, -0.2) is 0 Å². The molecule has 1 heterocycles. The number of alkyl halides is 1. The normalized spacial score (nSPS) is 21.1. The van der Waals surface area contributed by atoms with E-state index in [1.54, 1.807) is 0 Å². The van der Waals surface area contributed by atoms with Crippen molar-refractivity contribution in [3.8, 4) is 0 Å². The first kappa shape index (κ1) is 11.7. The van der Waals surface area contributed by atoms with E-state index < -0.39 is 0 Å². The van der Waals surface area contributed by atoms with Gasteiger partial charge in [0, 0.05) is 4.83 Å². The van der Waals surface area contributed by atoms with Crippen molar-refractivity contribution in [2.24, 2.45) is 5.92 Å². The Morgan fingerprint density at radius 3 is 2.60 bits per heavy atom. The molecule has 1 aromatic heterocycles. The first-order chi connectivity index (χ1) is 7.36. The van der Waals surface area contributed by atoms with Crippen LogP contribution in [0.4, 0.5) is 0 Å². The minimum absolute atomic E-state index is 0.699. The summed E-state index contributed by atoms with van der Waals surface area (Å²) in [6.07, 6.45) is 9.87. The highest BCUT2D eigenvalue weighted by Crippen LogP contribution is 2.31. The van der Waals surface area contributed by atoms with E-state index in [4.69, 9.17) is 0 Å². The van der Waals surface area contributed by atoms with Gasteiger partial charge >= 0.3 is 0 Å². The molecule has 1 atom stereocenters. The van der Waals surface area contributed by atoms with E-state index >= 15 is 0 Å². The molecule has 1 aliphatic rings. The van der Waals surface area contributed by atoms with Gasteiger partial charge in [0.1, 0.15) is 0 Å². The summed E-state index contributed by atoms with van der Waals surface area (Å²) in [5, 5.41) is 4.47. The number of hydrogen-bond acceptors (Lipinski definition) is 1. The van der Waals surface area contributed by atoms with Gasteiger partial charge in [0.2, 0.25) is 0 Å². The Kier molecular flexibility index (Phi) is 4.70. The monoisotopic (exact) mass is 286 g/mol. The zero-order chi connectivity index (χ0) is 10.5. The fourth-order valence-electron chi connectivity index (χ4n) is 2.47. The summed E-state index contributed by atoms with van der Waals surface area (Å²) in [6.45, 7) is 0. The zero-order valence-corrected chi connectivity index (χ0v) is 11.5. The molecule has 0 N–H and O–H groups in total. The molecule has 84 valence electrons. The van der Waals surface area contributed by atoms with Crippen LogP contribution in [0, 0.1) is 5.92 Å². The van der Waals surface area contributed by atoms with Crippen LogP contribution in [-0.4, -0.2) is 4.83 Å². The average molecular weight is 287 g/mol. The Hall–Kier alpha value is 0.180. The van der Waals surface area contributed by atoms with E-state index in [0.29, 0.717) is 4.83 Å². The van der Waals surface area contributed by atoms with Crippen molar-refractivity contribution >= 4 is 27.3 Å². The van der Waals surface area contributed by atoms with Crippen LogP contribution >= 0.6 is 27.3 Å². The molecular weight excluding hydrogens is 268 g/mol. The van der Waals surface area contributed by atoms with E-state index in [9.17, 15) is 0 Å². The largest absolute Gasteiger partial charge is 0.152 e. The molecule has 0 amide bonds. The van der Waals surface area contributed by atoms with Gasteiger partial charge in [0.25, 0.3) is 0 Å². The third-order valence-electron chi connectivity index (χ3n) is 3.42. The summed E-state index contributed by atoms with van der Waals surface area (Å²) < 4.78 is 0. The molecule has 0 aliphatic heterocycles. The van der Waals surface area contributed by atoms with Gasteiger partial charge in [-0.2, -0.15) is 11.3 Å². The van der Waals surface area contributed by atoms with Crippen molar-refractivity contribution < 1.29 is 0 Å². The van der Waals surface area contributed by atoms with E-state index in [1.807, 2.05) is 11.3 Å². The Bertz CT molecular complexity index is 260. The molecular formula is C13H19BrS. The number of thiophene rings is 1. The van der Waals surface area contributed by atoms with Crippen molar-refractivity contribution in [3.05, 3.63) is 22.4 Å². The number of rotatable bonds is 3. The van der Waals surface area contributed by atoms with Crippen LogP contribution in [0.1, 0.15) is 44.1 Å². The van der Waals surface area contributed by atoms with Crippen molar-refractivity contribution in [1.82, 2.24) is 0 Å². The van der Waals surface area contributed by atoms with Gasteiger partial charge in [-0.3, -0.25) is 0 Å². The fourth-order valence-corrected chi connectivity index (χ4v) is 4.06. The average Bonchev–Trinajstić information content (AvgIpc) is 2.58. The SMILES string of the molecule is BrC(Cc1ccsc1)C1CCCCCC1. The first-order valence-corrected chi connectivity index (χ1v) is 7.87. The zero-order valence-electron chi connectivity index (χ0n) is 9.12. The van der Waals surface area contributed by atoms with Gasteiger partial charge in [0.05, 0.1) is 0 Å². The van der Waals surface area contributed by atoms with Crippen LogP contribution in [0.25, 0.3) is 0 Å². The lowest BCUT2D eigenvalue weighted by atomic mass is 9.93. The molecule has 1 unspecified atom stereocenters. The highest BCUT2D eigenvalue weighted by Gasteiger charge is 2.20. The van der Waals surface area contributed by atoms with E-state index in [0.717, 1.165) is 5.92 Å². The van der Waals surface area contributed by atoms with Gasteiger partial charge in [-0.1, -0.05) is 41.6 Å². The van der Waals surface area contributed by atoms with Gasteiger partial charge in [-0.15, -0.1) is 0 Å². The lowest BCUT2D eigenvalue weighted by Crippen LogP contribution is -2.16. The standard InChI is InChI=1S/C13H19BrS/c14-13(9-11-7-8-15-10-11)12-5-3-1-2-4-6-12/h7-8,10,12-13H,1-6,9H2. The van der Waals surface area contributed by atoms with Crippen LogP contribution in [0.5, 0.6) is 0 Å². The van der Waals surface area contributed by atoms with E-state index in [2.05, 4.69) is 32.8 Å². The topological polar surface area (TPSA) is 0 Å². The van der Waals surface area contributed by atoms with Gasteiger partial charge in [0.15, 0.2) is 0 Å². The molecule has 0 bridgehead atoms. The van der Waals surface area contributed by atoms with E-state index in [1.165, 1.54) is 50.5 Å². The second-order valence-corrected chi connectivity index (χ2v) is 6.56. The quantitative estimate of drug-likeness (QED) is 0.540. The van der Waals surface area contributed by atoms with Crippen molar-refractivity contribution in [3.63, 3.8) is 0 Å². The first-order valence-electron chi connectivity index (χ1n) is 6.01. The second-order valence-electron chi connectivity index (χ2n) is 4.60. The number of halogens is 1. The maximum atomic E-state index is 3.90. The summed E-state index contributed by atoms with van der Waals surface area (Å²) in [5.74, 6) is 0.910. The smallest absolute Gasteiger partial charge is 0.0214 e. The van der Waals surface area contributed by atoms with E-state index in [-0.39, 0.29) is 0 Å². The third-order valence-corrected chi connectivity index (χ3v) is 5.23. The minimum atomic E-state index is 0.699. The molecule has 0 radical (unpaired) electrons. The molecule has 2 heteroatoms. The minimum Gasteiger partial charge on any atom is -0.152 e. The van der Waals surface area contributed by atoms with Crippen molar-refractivity contribution in [1.29, 1.82) is 0 Å². The maximum absolute atomic E-state index is 3.90. The van der Waals surface area contributed by atoms with Crippen LogP contribution in [0.2, 0.25) is 0 Å². The molecule has 15 heavy (non-hydrogen) atoms. The molecule has 0 spiro atoms. The third kappa shape index (κ3) is 3.60. The summed E-state index contributed by atoms with van der Waals surface area (Å²) in [5.41, 5.74) is 1.51. The second kappa shape index (κ2) is 6.05. The molecule has 1 aromatic rings. The lowest BCUT2D eigenvalue weighted by Gasteiger charge is -2.20. The van der Waals surface area contributed by atoms with Crippen molar-refractivity contribution in [2.75, 3.05) is 0 Å². The van der Waals surface area contributed by atoms with Crippen molar-refractivity contribution in [2.45, 2.75) is 49.8 Å². The lowest BCUT2D eigenvalue weighted by molar-refractivity contribution is 0.445.